The zero-order chi connectivity index (χ0) is 12.1. The second-order valence-corrected chi connectivity index (χ2v) is 4.79. The number of rotatable bonds is 5. The third-order valence-electron chi connectivity index (χ3n) is 3.39. The summed E-state index contributed by atoms with van der Waals surface area (Å²) in [6, 6.07) is 10.4. The largest absolute Gasteiger partial charge is 0.481 e. The third kappa shape index (κ3) is 3.86. The maximum Gasteiger partial charge on any atom is 0.303 e. The van der Waals surface area contributed by atoms with Crippen LogP contribution in [-0.2, 0) is 11.2 Å². The van der Waals surface area contributed by atoms with Gasteiger partial charge in [-0.3, -0.25) is 4.79 Å². The van der Waals surface area contributed by atoms with Gasteiger partial charge >= 0.3 is 5.97 Å². The molecule has 0 amide bonds. The molecule has 17 heavy (non-hydrogen) atoms. The molecule has 1 aromatic carbocycles. The van der Waals surface area contributed by atoms with E-state index in [-0.39, 0.29) is 0 Å². The number of hydrogen-bond donors (Lipinski definition) is 1. The summed E-state index contributed by atoms with van der Waals surface area (Å²) < 4.78 is 0. The van der Waals surface area contributed by atoms with Gasteiger partial charge in [0.2, 0.25) is 0 Å². The van der Waals surface area contributed by atoms with Gasteiger partial charge in [0.15, 0.2) is 0 Å². The molecule has 1 aromatic rings. The molecule has 0 aliphatic carbocycles. The van der Waals surface area contributed by atoms with Crippen LogP contribution >= 0.6 is 0 Å². The highest BCUT2D eigenvalue weighted by atomic mass is 16.4. The van der Waals surface area contributed by atoms with E-state index in [1.807, 2.05) is 6.07 Å². The second kappa shape index (κ2) is 5.82. The van der Waals surface area contributed by atoms with Gasteiger partial charge in [0.25, 0.3) is 0 Å². The molecule has 1 atom stereocenters. The maximum absolute atomic E-state index is 10.6. The van der Waals surface area contributed by atoms with Crippen LogP contribution in [0.15, 0.2) is 30.3 Å². The molecule has 1 saturated heterocycles. The topological polar surface area (TPSA) is 40.5 Å². The van der Waals surface area contributed by atoms with Crippen molar-refractivity contribution in [1.29, 1.82) is 0 Å². The van der Waals surface area contributed by atoms with Gasteiger partial charge in [0, 0.05) is 19.5 Å². The van der Waals surface area contributed by atoms with Crippen molar-refractivity contribution < 1.29 is 9.90 Å². The lowest BCUT2D eigenvalue weighted by Gasteiger charge is -2.15. The average molecular weight is 233 g/mol. The van der Waals surface area contributed by atoms with Crippen molar-refractivity contribution >= 4 is 5.97 Å². The van der Waals surface area contributed by atoms with E-state index in [0.717, 1.165) is 32.5 Å². The lowest BCUT2D eigenvalue weighted by Crippen LogP contribution is -2.23. The quantitative estimate of drug-likeness (QED) is 0.846. The number of aliphatic carboxylic acids is 1. The molecule has 2 rings (SSSR count). The van der Waals surface area contributed by atoms with E-state index >= 15 is 0 Å². The molecule has 1 N–H and O–H groups in total. The van der Waals surface area contributed by atoms with Gasteiger partial charge in [-0.1, -0.05) is 30.3 Å². The van der Waals surface area contributed by atoms with Gasteiger partial charge in [0.05, 0.1) is 0 Å². The number of carboxylic acids is 1. The van der Waals surface area contributed by atoms with Crippen molar-refractivity contribution in [3.05, 3.63) is 35.9 Å². The van der Waals surface area contributed by atoms with Crippen molar-refractivity contribution in [3.8, 4) is 0 Å². The first kappa shape index (κ1) is 12.1. The van der Waals surface area contributed by atoms with Crippen LogP contribution in [0.2, 0.25) is 0 Å². The Morgan fingerprint density at radius 1 is 1.35 bits per heavy atom. The number of hydrogen-bond acceptors (Lipinski definition) is 2. The highest BCUT2D eigenvalue weighted by Crippen LogP contribution is 2.19. The van der Waals surface area contributed by atoms with Crippen LogP contribution in [0.5, 0.6) is 0 Å². The monoisotopic (exact) mass is 233 g/mol. The molecule has 0 bridgehead atoms. The Kier molecular flexibility index (Phi) is 4.15. The zero-order valence-corrected chi connectivity index (χ0v) is 10.0. The van der Waals surface area contributed by atoms with E-state index in [1.54, 1.807) is 0 Å². The maximum atomic E-state index is 10.6. The molecule has 1 aliphatic heterocycles. The minimum absolute atomic E-state index is 0.321. The minimum atomic E-state index is -0.667. The van der Waals surface area contributed by atoms with Crippen LogP contribution in [0.1, 0.15) is 18.4 Å². The van der Waals surface area contributed by atoms with Crippen LogP contribution in [-0.4, -0.2) is 35.6 Å². The molecule has 0 aromatic heterocycles. The molecule has 1 heterocycles. The van der Waals surface area contributed by atoms with Crippen LogP contribution in [0.4, 0.5) is 0 Å². The van der Waals surface area contributed by atoms with Crippen molar-refractivity contribution in [2.45, 2.75) is 19.3 Å². The van der Waals surface area contributed by atoms with Crippen LogP contribution in [0.25, 0.3) is 0 Å². The van der Waals surface area contributed by atoms with Gasteiger partial charge in [-0.25, -0.2) is 0 Å². The summed E-state index contributed by atoms with van der Waals surface area (Å²) in [5.41, 5.74) is 1.36. The number of nitrogens with zero attached hydrogens (tertiary/aromatic N) is 1. The average Bonchev–Trinajstić information content (AvgIpc) is 2.75. The zero-order valence-electron chi connectivity index (χ0n) is 10.0. The van der Waals surface area contributed by atoms with Gasteiger partial charge in [-0.2, -0.15) is 0 Å². The van der Waals surface area contributed by atoms with Crippen LogP contribution in [0, 0.1) is 5.92 Å². The lowest BCUT2D eigenvalue weighted by molar-refractivity contribution is -0.138. The summed E-state index contributed by atoms with van der Waals surface area (Å²) >= 11 is 0. The lowest BCUT2D eigenvalue weighted by atomic mass is 10.1. The summed E-state index contributed by atoms with van der Waals surface area (Å²) in [4.78, 5) is 13.0. The molecule has 3 nitrogen and oxygen atoms in total. The number of carbonyl (C=O) groups is 1. The van der Waals surface area contributed by atoms with E-state index in [0.29, 0.717) is 12.3 Å². The van der Waals surface area contributed by atoms with Gasteiger partial charge in [-0.15, -0.1) is 0 Å². The van der Waals surface area contributed by atoms with Crippen molar-refractivity contribution in [1.82, 2.24) is 4.90 Å². The molecular formula is C14H19NO2. The summed E-state index contributed by atoms with van der Waals surface area (Å²) in [6.07, 6.45) is 2.41. The predicted molar refractivity (Wildman–Crippen MR) is 66.9 cm³/mol. The van der Waals surface area contributed by atoms with Crippen molar-refractivity contribution in [2.75, 3.05) is 19.6 Å². The van der Waals surface area contributed by atoms with E-state index in [4.69, 9.17) is 5.11 Å². The number of benzene rings is 1. The normalized spacial score (nSPS) is 20.6. The number of carboxylic acid groups (broad SMARTS) is 1. The van der Waals surface area contributed by atoms with E-state index < -0.39 is 5.97 Å². The fourth-order valence-electron chi connectivity index (χ4n) is 2.46. The predicted octanol–water partition coefficient (Wildman–Crippen LogP) is 2.03. The fraction of sp³-hybridized carbons (Fsp3) is 0.500. The minimum Gasteiger partial charge on any atom is -0.481 e. The molecule has 92 valence electrons. The molecule has 1 unspecified atom stereocenters. The van der Waals surface area contributed by atoms with E-state index in [9.17, 15) is 4.79 Å². The second-order valence-electron chi connectivity index (χ2n) is 4.79. The molecule has 0 radical (unpaired) electrons. The highest BCUT2D eigenvalue weighted by Gasteiger charge is 2.23. The standard InChI is InChI=1S/C14H19NO2/c16-14(17)10-13-7-9-15(11-13)8-6-12-4-2-1-3-5-12/h1-5,13H,6-11H2,(H,16,17). The van der Waals surface area contributed by atoms with Crippen LogP contribution in [0.3, 0.4) is 0 Å². The highest BCUT2D eigenvalue weighted by molar-refractivity contribution is 5.67. The number of likely N-dealkylation sites (tertiary alicyclic amines) is 1. The van der Waals surface area contributed by atoms with Crippen LogP contribution < -0.4 is 0 Å². The van der Waals surface area contributed by atoms with Gasteiger partial charge < -0.3 is 10.0 Å². The Balaban J connectivity index is 1.73. The summed E-state index contributed by atoms with van der Waals surface area (Å²) in [6.45, 7) is 3.03. The third-order valence-corrected chi connectivity index (χ3v) is 3.39. The summed E-state index contributed by atoms with van der Waals surface area (Å²) in [7, 11) is 0. The summed E-state index contributed by atoms with van der Waals surface area (Å²) in [5, 5.41) is 8.75. The molecule has 3 heteroatoms. The van der Waals surface area contributed by atoms with E-state index in [2.05, 4.69) is 29.2 Å². The Morgan fingerprint density at radius 3 is 2.82 bits per heavy atom. The van der Waals surface area contributed by atoms with Crippen molar-refractivity contribution in [3.63, 3.8) is 0 Å². The molecule has 1 fully saturated rings. The Hall–Kier alpha value is -1.35. The van der Waals surface area contributed by atoms with Crippen molar-refractivity contribution in [2.24, 2.45) is 5.92 Å². The molecular weight excluding hydrogens is 214 g/mol. The SMILES string of the molecule is O=C(O)CC1CCN(CCc2ccccc2)C1. The summed E-state index contributed by atoms with van der Waals surface area (Å²) in [5.74, 6) is -0.316. The first-order valence-electron chi connectivity index (χ1n) is 6.22. The molecule has 0 spiro atoms. The molecule has 1 aliphatic rings. The van der Waals surface area contributed by atoms with Gasteiger partial charge in [-0.05, 0) is 30.9 Å². The van der Waals surface area contributed by atoms with E-state index in [1.165, 1.54) is 5.56 Å². The Bertz CT molecular complexity index is 364. The van der Waals surface area contributed by atoms with Gasteiger partial charge in [0.1, 0.15) is 0 Å². The Morgan fingerprint density at radius 2 is 2.12 bits per heavy atom. The smallest absolute Gasteiger partial charge is 0.303 e. The fourth-order valence-corrected chi connectivity index (χ4v) is 2.46. The first-order valence-corrected chi connectivity index (χ1v) is 6.22. The Labute approximate surface area is 102 Å². The first-order chi connectivity index (χ1) is 8.24. The molecule has 0 saturated carbocycles.